The SMILES string of the molecule is CCNCC(C)=Cc1cc(OC)c(OC)cc1Br. The molecule has 0 saturated heterocycles. The largest absolute Gasteiger partial charge is 0.493 e. The van der Waals surface area contributed by atoms with Gasteiger partial charge in [-0.1, -0.05) is 34.5 Å². The second-order valence-corrected chi connectivity index (χ2v) is 4.85. The molecule has 0 radical (unpaired) electrons. The second-order valence-electron chi connectivity index (χ2n) is 4.00. The van der Waals surface area contributed by atoms with Crippen molar-refractivity contribution < 1.29 is 9.47 Å². The molecule has 0 fully saturated rings. The fourth-order valence-corrected chi connectivity index (χ4v) is 2.06. The zero-order valence-electron chi connectivity index (χ0n) is 11.3. The molecule has 4 heteroatoms. The van der Waals surface area contributed by atoms with Gasteiger partial charge in [-0.05, 0) is 31.2 Å². The fourth-order valence-electron chi connectivity index (χ4n) is 1.62. The van der Waals surface area contributed by atoms with E-state index in [0.29, 0.717) is 0 Å². The van der Waals surface area contributed by atoms with Crippen LogP contribution in [0, 0.1) is 0 Å². The van der Waals surface area contributed by atoms with E-state index in [1.54, 1.807) is 14.2 Å². The molecular weight excluding hydrogens is 294 g/mol. The Labute approximate surface area is 117 Å². The number of halogens is 1. The molecule has 0 aromatic heterocycles. The van der Waals surface area contributed by atoms with Crippen LogP contribution in [-0.2, 0) is 0 Å². The molecule has 0 bridgehead atoms. The lowest BCUT2D eigenvalue weighted by Crippen LogP contribution is -2.14. The first-order chi connectivity index (χ1) is 8.62. The Morgan fingerprint density at radius 3 is 2.44 bits per heavy atom. The Balaban J connectivity index is 3.02. The van der Waals surface area contributed by atoms with E-state index in [0.717, 1.165) is 34.6 Å². The summed E-state index contributed by atoms with van der Waals surface area (Å²) < 4.78 is 11.6. The van der Waals surface area contributed by atoms with Crippen LogP contribution in [0.1, 0.15) is 19.4 Å². The summed E-state index contributed by atoms with van der Waals surface area (Å²) in [4.78, 5) is 0. The minimum Gasteiger partial charge on any atom is -0.493 e. The Bertz CT molecular complexity index is 430. The summed E-state index contributed by atoms with van der Waals surface area (Å²) in [6.07, 6.45) is 2.13. The van der Waals surface area contributed by atoms with Gasteiger partial charge in [0.25, 0.3) is 0 Å². The van der Waals surface area contributed by atoms with Crippen LogP contribution < -0.4 is 14.8 Å². The number of nitrogens with one attached hydrogen (secondary N) is 1. The molecule has 1 aromatic rings. The highest BCUT2D eigenvalue weighted by Crippen LogP contribution is 2.34. The minimum absolute atomic E-state index is 0.728. The Hall–Kier alpha value is -1.00. The predicted molar refractivity (Wildman–Crippen MR) is 79.4 cm³/mol. The summed E-state index contributed by atoms with van der Waals surface area (Å²) in [5, 5.41) is 3.30. The maximum atomic E-state index is 5.30. The van der Waals surface area contributed by atoms with E-state index in [4.69, 9.17) is 9.47 Å². The molecule has 0 atom stereocenters. The van der Waals surface area contributed by atoms with Gasteiger partial charge in [-0.2, -0.15) is 0 Å². The lowest BCUT2D eigenvalue weighted by molar-refractivity contribution is 0.354. The van der Waals surface area contributed by atoms with Crippen LogP contribution >= 0.6 is 15.9 Å². The maximum absolute atomic E-state index is 5.30. The summed E-state index contributed by atoms with van der Waals surface area (Å²) in [6.45, 7) is 6.06. The average Bonchev–Trinajstić information content (AvgIpc) is 2.38. The van der Waals surface area contributed by atoms with Gasteiger partial charge in [0.05, 0.1) is 14.2 Å². The standard InChI is InChI=1S/C14H20BrNO2/c1-5-16-9-10(2)6-11-7-13(17-3)14(18-4)8-12(11)15/h6-8,16H,5,9H2,1-4H3. The van der Waals surface area contributed by atoms with E-state index in [-0.39, 0.29) is 0 Å². The summed E-state index contributed by atoms with van der Waals surface area (Å²) in [6, 6.07) is 3.89. The molecule has 3 nitrogen and oxygen atoms in total. The third-order valence-corrected chi connectivity index (χ3v) is 3.25. The van der Waals surface area contributed by atoms with Gasteiger partial charge in [0.2, 0.25) is 0 Å². The zero-order valence-corrected chi connectivity index (χ0v) is 12.9. The summed E-state index contributed by atoms with van der Waals surface area (Å²) >= 11 is 3.55. The van der Waals surface area contributed by atoms with E-state index in [9.17, 15) is 0 Å². The highest BCUT2D eigenvalue weighted by atomic mass is 79.9. The third-order valence-electron chi connectivity index (χ3n) is 2.56. The molecule has 0 saturated carbocycles. The van der Waals surface area contributed by atoms with Crippen molar-refractivity contribution in [3.63, 3.8) is 0 Å². The van der Waals surface area contributed by atoms with Gasteiger partial charge in [0.15, 0.2) is 11.5 Å². The Kier molecular flexibility index (Phi) is 6.22. The zero-order chi connectivity index (χ0) is 13.5. The predicted octanol–water partition coefficient (Wildman–Crippen LogP) is 3.48. The molecule has 100 valence electrons. The Morgan fingerprint density at radius 1 is 1.28 bits per heavy atom. The van der Waals surface area contributed by atoms with Crippen LogP contribution in [0.5, 0.6) is 11.5 Å². The molecule has 0 heterocycles. The van der Waals surface area contributed by atoms with Gasteiger partial charge in [-0.3, -0.25) is 0 Å². The quantitative estimate of drug-likeness (QED) is 0.872. The van der Waals surface area contributed by atoms with Crippen molar-refractivity contribution in [2.45, 2.75) is 13.8 Å². The minimum atomic E-state index is 0.728. The number of ether oxygens (including phenoxy) is 2. The lowest BCUT2D eigenvalue weighted by atomic mass is 10.1. The van der Waals surface area contributed by atoms with Gasteiger partial charge in [-0.15, -0.1) is 0 Å². The number of hydrogen-bond donors (Lipinski definition) is 1. The van der Waals surface area contributed by atoms with Gasteiger partial charge in [0.1, 0.15) is 0 Å². The van der Waals surface area contributed by atoms with Crippen molar-refractivity contribution in [1.82, 2.24) is 5.32 Å². The molecule has 1 aromatic carbocycles. The van der Waals surface area contributed by atoms with Gasteiger partial charge < -0.3 is 14.8 Å². The van der Waals surface area contributed by atoms with Crippen molar-refractivity contribution >= 4 is 22.0 Å². The molecule has 1 N–H and O–H groups in total. The van der Waals surface area contributed by atoms with Crippen LogP contribution in [0.4, 0.5) is 0 Å². The highest BCUT2D eigenvalue weighted by molar-refractivity contribution is 9.10. The number of hydrogen-bond acceptors (Lipinski definition) is 3. The van der Waals surface area contributed by atoms with E-state index in [1.165, 1.54) is 5.57 Å². The third kappa shape index (κ3) is 4.03. The van der Waals surface area contributed by atoms with Crippen LogP contribution in [0.2, 0.25) is 0 Å². The molecule has 0 amide bonds. The molecule has 1 rings (SSSR count). The first-order valence-electron chi connectivity index (χ1n) is 5.91. The van der Waals surface area contributed by atoms with E-state index in [2.05, 4.69) is 41.2 Å². The van der Waals surface area contributed by atoms with Crippen LogP contribution in [-0.4, -0.2) is 27.3 Å². The average molecular weight is 314 g/mol. The summed E-state index contributed by atoms with van der Waals surface area (Å²) in [7, 11) is 3.28. The first-order valence-corrected chi connectivity index (χ1v) is 6.71. The molecule has 0 unspecified atom stereocenters. The van der Waals surface area contributed by atoms with E-state index < -0.39 is 0 Å². The van der Waals surface area contributed by atoms with Crippen LogP contribution in [0.25, 0.3) is 6.08 Å². The van der Waals surface area contributed by atoms with Crippen molar-refractivity contribution in [3.05, 3.63) is 27.7 Å². The highest BCUT2D eigenvalue weighted by Gasteiger charge is 2.08. The number of benzene rings is 1. The van der Waals surface area contributed by atoms with Crippen LogP contribution in [0.3, 0.4) is 0 Å². The molecular formula is C14H20BrNO2. The van der Waals surface area contributed by atoms with E-state index in [1.807, 2.05) is 12.1 Å². The normalized spacial score (nSPS) is 11.5. The van der Waals surface area contributed by atoms with Crippen molar-refractivity contribution in [2.24, 2.45) is 0 Å². The molecule has 18 heavy (non-hydrogen) atoms. The molecule has 0 spiro atoms. The lowest BCUT2D eigenvalue weighted by Gasteiger charge is -2.10. The number of methoxy groups -OCH3 is 2. The molecule has 0 aliphatic rings. The number of likely N-dealkylation sites (N-methyl/N-ethyl adjacent to an activating group) is 1. The fraction of sp³-hybridized carbons (Fsp3) is 0.429. The van der Waals surface area contributed by atoms with Gasteiger partial charge in [0, 0.05) is 11.0 Å². The maximum Gasteiger partial charge on any atom is 0.161 e. The van der Waals surface area contributed by atoms with Crippen LogP contribution in [0.15, 0.2) is 22.2 Å². The van der Waals surface area contributed by atoms with E-state index >= 15 is 0 Å². The monoisotopic (exact) mass is 313 g/mol. The second kappa shape index (κ2) is 7.44. The van der Waals surface area contributed by atoms with Crippen molar-refractivity contribution in [1.29, 1.82) is 0 Å². The summed E-state index contributed by atoms with van der Waals surface area (Å²) in [5.74, 6) is 1.47. The summed E-state index contributed by atoms with van der Waals surface area (Å²) in [5.41, 5.74) is 2.35. The number of rotatable bonds is 6. The smallest absolute Gasteiger partial charge is 0.161 e. The van der Waals surface area contributed by atoms with Gasteiger partial charge in [-0.25, -0.2) is 0 Å². The van der Waals surface area contributed by atoms with Gasteiger partial charge >= 0.3 is 0 Å². The molecule has 0 aliphatic heterocycles. The topological polar surface area (TPSA) is 30.5 Å². The Morgan fingerprint density at radius 2 is 1.89 bits per heavy atom. The molecule has 0 aliphatic carbocycles. The van der Waals surface area contributed by atoms with Crippen molar-refractivity contribution in [2.75, 3.05) is 27.3 Å². The first kappa shape index (κ1) is 15.1. The van der Waals surface area contributed by atoms with Crippen molar-refractivity contribution in [3.8, 4) is 11.5 Å².